The molecule has 6 nitrogen and oxygen atoms in total. The number of para-hydroxylation sites is 1. The molecule has 29 heavy (non-hydrogen) atoms. The van der Waals surface area contributed by atoms with Crippen molar-refractivity contribution < 1.29 is 24.1 Å². The Morgan fingerprint density at radius 2 is 1.55 bits per heavy atom. The van der Waals surface area contributed by atoms with Gasteiger partial charge in [0.05, 0.1) is 21.3 Å². The Labute approximate surface area is 174 Å². The van der Waals surface area contributed by atoms with Crippen molar-refractivity contribution >= 4 is 0 Å². The summed E-state index contributed by atoms with van der Waals surface area (Å²) in [5.41, 5.74) is 1.02. The van der Waals surface area contributed by atoms with Crippen molar-refractivity contribution in [2.75, 3.05) is 41.0 Å². The van der Waals surface area contributed by atoms with Crippen LogP contribution in [0.1, 0.15) is 19.4 Å². The Morgan fingerprint density at radius 3 is 2.14 bits per heavy atom. The molecule has 0 radical (unpaired) electrons. The highest BCUT2D eigenvalue weighted by molar-refractivity contribution is 5.46. The molecule has 0 bridgehead atoms. The van der Waals surface area contributed by atoms with E-state index in [0.717, 1.165) is 23.6 Å². The van der Waals surface area contributed by atoms with Gasteiger partial charge in [-0.15, -0.1) is 0 Å². The molecule has 0 saturated heterocycles. The third-order valence-corrected chi connectivity index (χ3v) is 4.47. The zero-order valence-corrected chi connectivity index (χ0v) is 18.1. The van der Waals surface area contributed by atoms with Crippen LogP contribution in [0.25, 0.3) is 0 Å². The second-order valence-corrected chi connectivity index (χ2v) is 7.38. The molecule has 0 aliphatic heterocycles. The Bertz CT molecular complexity index is 733. The Morgan fingerprint density at radius 1 is 0.862 bits per heavy atom. The molecule has 2 aromatic carbocycles. The van der Waals surface area contributed by atoms with E-state index in [0.29, 0.717) is 30.5 Å². The van der Waals surface area contributed by atoms with Crippen molar-refractivity contribution in [2.45, 2.75) is 26.5 Å². The molecule has 1 unspecified atom stereocenters. The van der Waals surface area contributed by atoms with E-state index in [1.807, 2.05) is 42.5 Å². The van der Waals surface area contributed by atoms with Gasteiger partial charge in [0.2, 0.25) is 0 Å². The number of aliphatic hydroxyl groups is 1. The summed E-state index contributed by atoms with van der Waals surface area (Å²) in [7, 11) is 4.90. The van der Waals surface area contributed by atoms with E-state index in [1.165, 1.54) is 0 Å². The van der Waals surface area contributed by atoms with Gasteiger partial charge in [-0.3, -0.25) is 4.90 Å². The molecule has 0 saturated carbocycles. The number of nitrogens with zero attached hydrogens (tertiary/aromatic N) is 1. The largest absolute Gasteiger partial charge is 0.497 e. The highest BCUT2D eigenvalue weighted by Crippen LogP contribution is 2.31. The minimum absolute atomic E-state index is 0.218. The van der Waals surface area contributed by atoms with Crippen LogP contribution in [0.5, 0.6) is 23.0 Å². The van der Waals surface area contributed by atoms with Crippen LogP contribution in [-0.2, 0) is 6.54 Å². The third kappa shape index (κ3) is 7.15. The van der Waals surface area contributed by atoms with Crippen molar-refractivity contribution in [1.29, 1.82) is 0 Å². The zero-order valence-electron chi connectivity index (χ0n) is 18.1. The Kier molecular flexibility index (Phi) is 9.09. The first kappa shape index (κ1) is 22.8. The minimum atomic E-state index is -0.618. The van der Waals surface area contributed by atoms with Gasteiger partial charge in [-0.05, 0) is 36.2 Å². The topological polar surface area (TPSA) is 60.4 Å². The molecule has 0 amide bonds. The predicted molar refractivity (Wildman–Crippen MR) is 114 cm³/mol. The van der Waals surface area contributed by atoms with Crippen LogP contribution in [0.2, 0.25) is 0 Å². The fourth-order valence-corrected chi connectivity index (χ4v) is 3.25. The van der Waals surface area contributed by atoms with Crippen molar-refractivity contribution in [2.24, 2.45) is 5.92 Å². The van der Waals surface area contributed by atoms with Gasteiger partial charge in [-0.25, -0.2) is 0 Å². The van der Waals surface area contributed by atoms with E-state index in [2.05, 4.69) is 18.7 Å². The van der Waals surface area contributed by atoms with E-state index in [4.69, 9.17) is 18.9 Å². The molecule has 6 heteroatoms. The lowest BCUT2D eigenvalue weighted by atomic mass is 10.1. The van der Waals surface area contributed by atoms with Gasteiger partial charge < -0.3 is 24.1 Å². The fourth-order valence-electron chi connectivity index (χ4n) is 3.25. The number of benzene rings is 2. The summed E-state index contributed by atoms with van der Waals surface area (Å²) in [6.07, 6.45) is -0.618. The number of hydrogen-bond donors (Lipinski definition) is 1. The average molecular weight is 404 g/mol. The van der Waals surface area contributed by atoms with Crippen LogP contribution < -0.4 is 18.9 Å². The van der Waals surface area contributed by atoms with Gasteiger partial charge in [0.15, 0.2) is 11.5 Å². The molecule has 0 heterocycles. The van der Waals surface area contributed by atoms with Gasteiger partial charge in [0.1, 0.15) is 24.2 Å². The fraction of sp³-hybridized carbons (Fsp3) is 0.478. The molecule has 1 N–H and O–H groups in total. The molecular weight excluding hydrogens is 370 g/mol. The van der Waals surface area contributed by atoms with Crippen molar-refractivity contribution in [3.8, 4) is 23.0 Å². The molecule has 2 rings (SSSR count). The highest BCUT2D eigenvalue weighted by atomic mass is 16.5. The summed E-state index contributed by atoms with van der Waals surface area (Å²) in [5, 5.41) is 10.6. The molecule has 0 fully saturated rings. The van der Waals surface area contributed by atoms with Gasteiger partial charge >= 0.3 is 0 Å². The number of methoxy groups -OCH3 is 3. The average Bonchev–Trinajstić information content (AvgIpc) is 2.71. The second kappa shape index (κ2) is 11.5. The molecule has 0 aliphatic carbocycles. The number of aliphatic hydroxyl groups excluding tert-OH is 1. The summed E-state index contributed by atoms with van der Waals surface area (Å²) < 4.78 is 21.8. The maximum atomic E-state index is 10.6. The first-order valence-corrected chi connectivity index (χ1v) is 9.84. The summed E-state index contributed by atoms with van der Waals surface area (Å²) in [6, 6.07) is 13.2. The highest BCUT2D eigenvalue weighted by Gasteiger charge is 2.18. The third-order valence-electron chi connectivity index (χ3n) is 4.47. The lowest BCUT2D eigenvalue weighted by Gasteiger charge is -2.27. The van der Waals surface area contributed by atoms with Gasteiger partial charge in [0.25, 0.3) is 0 Å². The molecule has 0 aromatic heterocycles. The minimum Gasteiger partial charge on any atom is -0.497 e. The van der Waals surface area contributed by atoms with Gasteiger partial charge in [-0.2, -0.15) is 0 Å². The van der Waals surface area contributed by atoms with E-state index < -0.39 is 6.10 Å². The van der Waals surface area contributed by atoms with Crippen LogP contribution >= 0.6 is 0 Å². The zero-order chi connectivity index (χ0) is 21.2. The van der Waals surface area contributed by atoms with E-state index in [1.54, 1.807) is 21.3 Å². The predicted octanol–water partition coefficient (Wildman–Crippen LogP) is 3.61. The second-order valence-electron chi connectivity index (χ2n) is 7.38. The molecule has 2 aromatic rings. The summed E-state index contributed by atoms with van der Waals surface area (Å²) in [6.45, 7) is 6.54. The number of rotatable bonds is 12. The molecule has 0 aliphatic rings. The Balaban J connectivity index is 2.00. The maximum absolute atomic E-state index is 10.6. The van der Waals surface area contributed by atoms with E-state index >= 15 is 0 Å². The first-order valence-electron chi connectivity index (χ1n) is 9.84. The molecule has 0 spiro atoms. The standard InChI is InChI=1S/C23H33NO5/c1-17(2)13-24(14-18-7-6-8-22(27-4)23(18)28-5)15-19(25)16-29-21-11-9-20(26-3)10-12-21/h6-12,17,19,25H,13-16H2,1-5H3. The van der Waals surface area contributed by atoms with Crippen LogP contribution in [0.4, 0.5) is 0 Å². The maximum Gasteiger partial charge on any atom is 0.165 e. The monoisotopic (exact) mass is 403 g/mol. The lowest BCUT2D eigenvalue weighted by molar-refractivity contribution is 0.0611. The van der Waals surface area contributed by atoms with Crippen molar-refractivity contribution in [3.05, 3.63) is 48.0 Å². The van der Waals surface area contributed by atoms with Crippen LogP contribution in [0, 0.1) is 5.92 Å². The number of hydrogen-bond acceptors (Lipinski definition) is 6. The number of ether oxygens (including phenoxy) is 4. The van der Waals surface area contributed by atoms with Gasteiger partial charge in [0, 0.05) is 25.2 Å². The summed E-state index contributed by atoms with van der Waals surface area (Å²) in [5.74, 6) is 3.37. The smallest absolute Gasteiger partial charge is 0.165 e. The van der Waals surface area contributed by atoms with Crippen molar-refractivity contribution in [3.63, 3.8) is 0 Å². The SMILES string of the molecule is COc1ccc(OCC(O)CN(Cc2cccc(OC)c2OC)CC(C)C)cc1. The first-order chi connectivity index (χ1) is 14.0. The van der Waals surface area contributed by atoms with E-state index in [9.17, 15) is 5.11 Å². The normalized spacial score (nSPS) is 12.1. The van der Waals surface area contributed by atoms with Crippen molar-refractivity contribution in [1.82, 2.24) is 4.90 Å². The molecule has 1 atom stereocenters. The Hall–Kier alpha value is -2.44. The molecule has 160 valence electrons. The quantitative estimate of drug-likeness (QED) is 0.584. The summed E-state index contributed by atoms with van der Waals surface area (Å²) >= 11 is 0. The van der Waals surface area contributed by atoms with E-state index in [-0.39, 0.29) is 6.61 Å². The summed E-state index contributed by atoms with van der Waals surface area (Å²) in [4.78, 5) is 2.21. The van der Waals surface area contributed by atoms with Crippen LogP contribution in [0.3, 0.4) is 0 Å². The van der Waals surface area contributed by atoms with Crippen LogP contribution in [-0.4, -0.2) is 57.1 Å². The van der Waals surface area contributed by atoms with Gasteiger partial charge in [-0.1, -0.05) is 26.0 Å². The molecular formula is C23H33NO5. The lowest BCUT2D eigenvalue weighted by Crippen LogP contribution is -2.37. The van der Waals surface area contributed by atoms with Crippen LogP contribution in [0.15, 0.2) is 42.5 Å².